The Morgan fingerprint density at radius 1 is 0.964 bits per heavy atom. The molecule has 0 saturated carbocycles. The van der Waals surface area contributed by atoms with Gasteiger partial charge in [-0.3, -0.25) is 4.79 Å². The number of carbonyl (C=O) groups excluding carboxylic acids is 2. The van der Waals surface area contributed by atoms with Crippen molar-refractivity contribution in [3.63, 3.8) is 0 Å². The maximum Gasteiger partial charge on any atom is 0.339 e. The number of hydrogen-bond acceptors (Lipinski definition) is 8. The molecule has 3 rings (SSSR count). The molecule has 0 unspecified atom stereocenters. The van der Waals surface area contributed by atoms with Gasteiger partial charge in [0.15, 0.2) is 5.82 Å². The summed E-state index contributed by atoms with van der Waals surface area (Å²) >= 11 is 0. The van der Waals surface area contributed by atoms with Crippen LogP contribution in [0.3, 0.4) is 0 Å². The van der Waals surface area contributed by atoms with Crippen LogP contribution in [0.15, 0.2) is 54.7 Å². The average Bonchev–Trinajstić information content (AvgIpc) is 2.69. The third-order valence-electron chi connectivity index (χ3n) is 3.62. The van der Waals surface area contributed by atoms with Crippen LogP contribution >= 0.6 is 0 Å². The van der Waals surface area contributed by atoms with Crippen LogP contribution in [-0.2, 0) is 9.53 Å². The van der Waals surface area contributed by atoms with E-state index in [0.29, 0.717) is 22.8 Å². The number of anilines is 5. The molecule has 0 fully saturated rings. The fourth-order valence-electron chi connectivity index (χ4n) is 2.40. The van der Waals surface area contributed by atoms with Crippen molar-refractivity contribution in [3.8, 4) is 0 Å². The van der Waals surface area contributed by atoms with Crippen molar-refractivity contribution in [2.45, 2.75) is 6.92 Å². The monoisotopic (exact) mass is 378 g/mol. The number of aromatic nitrogens is 3. The van der Waals surface area contributed by atoms with E-state index in [1.807, 2.05) is 0 Å². The van der Waals surface area contributed by atoms with Gasteiger partial charge in [0.2, 0.25) is 11.9 Å². The van der Waals surface area contributed by atoms with Gasteiger partial charge < -0.3 is 20.7 Å². The van der Waals surface area contributed by atoms with Crippen molar-refractivity contribution in [1.82, 2.24) is 15.2 Å². The third kappa shape index (κ3) is 4.79. The van der Waals surface area contributed by atoms with Gasteiger partial charge in [0, 0.05) is 18.3 Å². The highest BCUT2D eigenvalue weighted by atomic mass is 16.5. The minimum Gasteiger partial charge on any atom is -0.465 e. The molecule has 1 aromatic heterocycles. The van der Waals surface area contributed by atoms with Crippen molar-refractivity contribution in [2.24, 2.45) is 0 Å². The predicted octanol–water partition coefficient (Wildman–Crippen LogP) is 3.10. The molecule has 0 aliphatic rings. The average molecular weight is 378 g/mol. The van der Waals surface area contributed by atoms with E-state index in [4.69, 9.17) is 4.74 Å². The summed E-state index contributed by atoms with van der Waals surface area (Å²) in [7, 11) is 1.32. The molecule has 9 heteroatoms. The molecule has 0 saturated heterocycles. The predicted molar refractivity (Wildman–Crippen MR) is 105 cm³/mol. The van der Waals surface area contributed by atoms with E-state index in [1.54, 1.807) is 48.5 Å². The lowest BCUT2D eigenvalue weighted by molar-refractivity contribution is -0.114. The van der Waals surface area contributed by atoms with Crippen LogP contribution < -0.4 is 16.0 Å². The molecule has 9 nitrogen and oxygen atoms in total. The Bertz CT molecular complexity index is 991. The van der Waals surface area contributed by atoms with Crippen molar-refractivity contribution in [3.05, 3.63) is 60.3 Å². The fourth-order valence-corrected chi connectivity index (χ4v) is 2.40. The summed E-state index contributed by atoms with van der Waals surface area (Å²) in [5, 5.41) is 16.6. The molecule has 3 N–H and O–H groups in total. The first kappa shape index (κ1) is 18.8. The molecule has 0 radical (unpaired) electrons. The number of carbonyl (C=O) groups is 2. The molecule has 0 aliphatic carbocycles. The Morgan fingerprint density at radius 2 is 1.68 bits per heavy atom. The highest BCUT2D eigenvalue weighted by molar-refractivity contribution is 5.96. The number of nitrogens with zero attached hydrogens (tertiary/aromatic N) is 3. The number of ether oxygens (including phenoxy) is 1. The standard InChI is InChI=1S/C19H18N6O3/c1-12(26)21-13-7-9-14(10-8-13)22-19-24-17(11-20-25-19)23-16-6-4-3-5-15(16)18(27)28-2/h3-11H,1-2H3,(H,21,26)(H2,22,23,24,25). The van der Waals surface area contributed by atoms with E-state index in [9.17, 15) is 9.59 Å². The van der Waals surface area contributed by atoms with Gasteiger partial charge >= 0.3 is 5.97 Å². The zero-order valence-corrected chi connectivity index (χ0v) is 15.3. The number of rotatable bonds is 6. The normalized spacial score (nSPS) is 10.1. The van der Waals surface area contributed by atoms with Gasteiger partial charge in [-0.25, -0.2) is 4.79 Å². The smallest absolute Gasteiger partial charge is 0.339 e. The van der Waals surface area contributed by atoms with Gasteiger partial charge in [-0.15, -0.1) is 5.10 Å². The van der Waals surface area contributed by atoms with E-state index in [-0.39, 0.29) is 11.9 Å². The second-order valence-corrected chi connectivity index (χ2v) is 5.71. The summed E-state index contributed by atoms with van der Waals surface area (Å²) in [5.41, 5.74) is 2.34. The highest BCUT2D eigenvalue weighted by Gasteiger charge is 2.12. The summed E-state index contributed by atoms with van der Waals surface area (Å²) in [6.45, 7) is 1.45. The lowest BCUT2D eigenvalue weighted by atomic mass is 10.2. The quantitative estimate of drug-likeness (QED) is 0.560. The first-order valence-corrected chi connectivity index (χ1v) is 8.34. The number of benzene rings is 2. The van der Waals surface area contributed by atoms with Crippen LogP contribution in [0.4, 0.5) is 28.8 Å². The van der Waals surface area contributed by atoms with Crippen LogP contribution in [0.2, 0.25) is 0 Å². The number of methoxy groups -OCH3 is 1. The van der Waals surface area contributed by atoms with Gasteiger partial charge in [0.25, 0.3) is 0 Å². The second kappa shape index (κ2) is 8.58. The lowest BCUT2D eigenvalue weighted by Crippen LogP contribution is -2.07. The maximum absolute atomic E-state index is 11.9. The van der Waals surface area contributed by atoms with Gasteiger partial charge in [0.1, 0.15) is 0 Å². The largest absolute Gasteiger partial charge is 0.465 e. The van der Waals surface area contributed by atoms with E-state index < -0.39 is 5.97 Å². The zero-order chi connectivity index (χ0) is 19.9. The molecule has 1 amide bonds. The van der Waals surface area contributed by atoms with Crippen molar-refractivity contribution in [1.29, 1.82) is 0 Å². The van der Waals surface area contributed by atoms with E-state index in [0.717, 1.165) is 5.69 Å². The van der Waals surface area contributed by atoms with Crippen LogP contribution in [0, 0.1) is 0 Å². The first-order valence-electron chi connectivity index (χ1n) is 8.34. The number of nitrogens with one attached hydrogen (secondary N) is 3. The van der Waals surface area contributed by atoms with Crippen molar-refractivity contribution in [2.75, 3.05) is 23.1 Å². The molecule has 0 atom stereocenters. The Kier molecular flexibility index (Phi) is 5.75. The number of para-hydroxylation sites is 1. The van der Waals surface area contributed by atoms with Gasteiger partial charge in [-0.1, -0.05) is 12.1 Å². The minimum absolute atomic E-state index is 0.140. The molecule has 0 aliphatic heterocycles. The summed E-state index contributed by atoms with van der Waals surface area (Å²) in [6.07, 6.45) is 1.44. The molecule has 28 heavy (non-hydrogen) atoms. The lowest BCUT2D eigenvalue weighted by Gasteiger charge is -2.11. The SMILES string of the molecule is COC(=O)c1ccccc1Nc1cnnc(Nc2ccc(NC(C)=O)cc2)n1. The van der Waals surface area contributed by atoms with Crippen LogP contribution in [-0.4, -0.2) is 34.2 Å². The fraction of sp³-hybridized carbons (Fsp3) is 0.105. The molecule has 1 heterocycles. The summed E-state index contributed by atoms with van der Waals surface area (Å²) in [4.78, 5) is 27.3. The molecule has 142 valence electrons. The molecular formula is C19H18N6O3. The van der Waals surface area contributed by atoms with E-state index in [1.165, 1.54) is 20.2 Å². The molecule has 3 aromatic rings. The molecule has 0 spiro atoms. The topological polar surface area (TPSA) is 118 Å². The minimum atomic E-state index is -0.456. The molecule has 0 bridgehead atoms. The Balaban J connectivity index is 1.74. The number of esters is 1. The zero-order valence-electron chi connectivity index (χ0n) is 15.3. The molecule has 2 aromatic carbocycles. The van der Waals surface area contributed by atoms with Gasteiger partial charge in [-0.05, 0) is 36.4 Å². The first-order chi connectivity index (χ1) is 13.5. The van der Waals surface area contributed by atoms with Crippen molar-refractivity contribution >= 4 is 40.7 Å². The summed E-state index contributed by atoms with van der Waals surface area (Å²) in [5.74, 6) is 0.0820. The number of amides is 1. The van der Waals surface area contributed by atoms with Gasteiger partial charge in [0.05, 0.1) is 24.6 Å². The van der Waals surface area contributed by atoms with E-state index in [2.05, 4.69) is 31.1 Å². The number of hydrogen-bond donors (Lipinski definition) is 3. The van der Waals surface area contributed by atoms with E-state index >= 15 is 0 Å². The van der Waals surface area contributed by atoms with Crippen LogP contribution in [0.5, 0.6) is 0 Å². The Morgan fingerprint density at radius 3 is 2.39 bits per heavy atom. The van der Waals surface area contributed by atoms with Gasteiger partial charge in [-0.2, -0.15) is 10.1 Å². The summed E-state index contributed by atoms with van der Waals surface area (Å²) < 4.78 is 4.79. The molecular weight excluding hydrogens is 360 g/mol. The summed E-state index contributed by atoms with van der Waals surface area (Å²) in [6, 6.07) is 14.0. The van der Waals surface area contributed by atoms with Crippen LogP contribution in [0.25, 0.3) is 0 Å². The third-order valence-corrected chi connectivity index (χ3v) is 3.62. The Hall–Kier alpha value is -4.01. The van der Waals surface area contributed by atoms with Crippen molar-refractivity contribution < 1.29 is 14.3 Å². The maximum atomic E-state index is 11.9. The second-order valence-electron chi connectivity index (χ2n) is 5.71. The van der Waals surface area contributed by atoms with Crippen LogP contribution in [0.1, 0.15) is 17.3 Å². The Labute approximate surface area is 161 Å². The highest BCUT2D eigenvalue weighted by Crippen LogP contribution is 2.21.